The van der Waals surface area contributed by atoms with Gasteiger partial charge in [0.1, 0.15) is 5.82 Å². The predicted molar refractivity (Wildman–Crippen MR) is 97.4 cm³/mol. The van der Waals surface area contributed by atoms with Gasteiger partial charge in [0, 0.05) is 13.0 Å². The van der Waals surface area contributed by atoms with E-state index in [0.29, 0.717) is 30.3 Å². The second-order valence-electron chi connectivity index (χ2n) is 5.16. The number of anilines is 2. The van der Waals surface area contributed by atoms with Crippen LogP contribution in [0.15, 0.2) is 33.9 Å². The third-order valence-corrected chi connectivity index (χ3v) is 4.03. The normalized spacial score (nSPS) is 10.6. The summed E-state index contributed by atoms with van der Waals surface area (Å²) >= 11 is 3.13. The van der Waals surface area contributed by atoms with E-state index in [-0.39, 0.29) is 22.5 Å². The van der Waals surface area contributed by atoms with Crippen LogP contribution in [0.2, 0.25) is 0 Å². The van der Waals surface area contributed by atoms with Crippen molar-refractivity contribution in [3.05, 3.63) is 40.8 Å². The van der Waals surface area contributed by atoms with E-state index in [0.717, 1.165) is 6.42 Å². The van der Waals surface area contributed by atoms with Crippen LogP contribution in [-0.2, 0) is 4.79 Å². The quantitative estimate of drug-likeness (QED) is 0.647. The van der Waals surface area contributed by atoms with Crippen LogP contribution >= 0.6 is 15.9 Å². The van der Waals surface area contributed by atoms with Crippen LogP contribution in [0, 0.1) is 5.82 Å². The Morgan fingerprint density at radius 1 is 1.48 bits per heavy atom. The van der Waals surface area contributed by atoms with Gasteiger partial charge in [0.15, 0.2) is 5.69 Å². The highest BCUT2D eigenvalue weighted by Crippen LogP contribution is 2.31. The number of halogens is 2. The summed E-state index contributed by atoms with van der Waals surface area (Å²) < 4.78 is 18.5. The molecule has 0 aliphatic carbocycles. The SMILES string of the molecule is C=C(c1nonc1NCCCN)N(C(=O)CC)c1ccc(F)c(Br)c1. The molecule has 0 aliphatic heterocycles. The fourth-order valence-corrected chi connectivity index (χ4v) is 2.51. The van der Waals surface area contributed by atoms with Gasteiger partial charge >= 0.3 is 0 Å². The Balaban J connectivity index is 2.35. The maximum absolute atomic E-state index is 13.5. The molecule has 0 aliphatic rings. The Morgan fingerprint density at radius 3 is 2.88 bits per heavy atom. The average Bonchev–Trinajstić information content (AvgIpc) is 3.06. The fraction of sp³-hybridized carbons (Fsp3) is 0.312. The van der Waals surface area contributed by atoms with Gasteiger partial charge in [0.2, 0.25) is 11.7 Å². The number of rotatable bonds is 8. The summed E-state index contributed by atoms with van der Waals surface area (Å²) in [6.45, 7) is 6.78. The van der Waals surface area contributed by atoms with Crippen LogP contribution in [0.1, 0.15) is 25.5 Å². The Bertz CT molecular complexity index is 765. The van der Waals surface area contributed by atoms with Gasteiger partial charge in [-0.15, -0.1) is 0 Å². The van der Waals surface area contributed by atoms with E-state index in [9.17, 15) is 9.18 Å². The molecule has 0 unspecified atom stereocenters. The molecular weight excluding hydrogens is 393 g/mol. The molecule has 0 bridgehead atoms. The smallest absolute Gasteiger partial charge is 0.231 e. The first-order chi connectivity index (χ1) is 12.0. The van der Waals surface area contributed by atoms with E-state index in [2.05, 4.69) is 38.1 Å². The van der Waals surface area contributed by atoms with Crippen molar-refractivity contribution >= 4 is 39.0 Å². The third-order valence-electron chi connectivity index (χ3n) is 3.42. The largest absolute Gasteiger partial charge is 0.365 e. The topological polar surface area (TPSA) is 97.3 Å². The summed E-state index contributed by atoms with van der Waals surface area (Å²) in [6.07, 6.45) is 0.969. The van der Waals surface area contributed by atoms with E-state index in [1.807, 2.05) is 0 Å². The molecule has 0 spiro atoms. The van der Waals surface area contributed by atoms with Crippen LogP contribution < -0.4 is 16.0 Å². The van der Waals surface area contributed by atoms with Crippen molar-refractivity contribution in [3.63, 3.8) is 0 Å². The van der Waals surface area contributed by atoms with Crippen molar-refractivity contribution in [2.24, 2.45) is 5.73 Å². The van der Waals surface area contributed by atoms with Gasteiger partial charge in [0.25, 0.3) is 0 Å². The van der Waals surface area contributed by atoms with Crippen molar-refractivity contribution < 1.29 is 13.8 Å². The molecule has 2 aromatic rings. The number of nitrogens with zero attached hydrogens (tertiary/aromatic N) is 3. The Hall–Kier alpha value is -2.26. The molecular formula is C16H19BrFN5O2. The van der Waals surface area contributed by atoms with E-state index >= 15 is 0 Å². The zero-order chi connectivity index (χ0) is 18.4. The lowest BCUT2D eigenvalue weighted by Gasteiger charge is -2.24. The second-order valence-corrected chi connectivity index (χ2v) is 6.01. The molecule has 0 saturated heterocycles. The van der Waals surface area contributed by atoms with E-state index in [4.69, 9.17) is 10.4 Å². The van der Waals surface area contributed by atoms with E-state index < -0.39 is 5.82 Å². The summed E-state index contributed by atoms with van der Waals surface area (Å²) in [5.41, 5.74) is 6.51. The molecule has 0 fully saturated rings. The molecule has 1 heterocycles. The number of amides is 1. The predicted octanol–water partition coefficient (Wildman–Crippen LogP) is 3.15. The minimum Gasteiger partial charge on any atom is -0.365 e. The number of hydrogen-bond donors (Lipinski definition) is 2. The second kappa shape index (κ2) is 8.72. The van der Waals surface area contributed by atoms with Crippen molar-refractivity contribution in [2.45, 2.75) is 19.8 Å². The number of hydrogen-bond acceptors (Lipinski definition) is 6. The van der Waals surface area contributed by atoms with Crippen LogP contribution in [0.25, 0.3) is 5.70 Å². The molecule has 3 N–H and O–H groups in total. The number of aromatic nitrogens is 2. The Labute approximate surface area is 153 Å². The molecule has 0 atom stereocenters. The van der Waals surface area contributed by atoms with Gasteiger partial charge in [-0.05, 0) is 57.4 Å². The van der Waals surface area contributed by atoms with Gasteiger partial charge in [-0.1, -0.05) is 13.5 Å². The van der Waals surface area contributed by atoms with Crippen molar-refractivity contribution in [2.75, 3.05) is 23.3 Å². The molecule has 1 amide bonds. The summed E-state index contributed by atoms with van der Waals surface area (Å²) in [4.78, 5) is 13.8. The molecule has 0 radical (unpaired) electrons. The van der Waals surface area contributed by atoms with Crippen molar-refractivity contribution in [3.8, 4) is 0 Å². The van der Waals surface area contributed by atoms with Gasteiger partial charge in [-0.3, -0.25) is 9.69 Å². The highest BCUT2D eigenvalue weighted by atomic mass is 79.9. The highest BCUT2D eigenvalue weighted by Gasteiger charge is 2.24. The Kier molecular flexibility index (Phi) is 6.65. The van der Waals surface area contributed by atoms with E-state index in [1.165, 1.54) is 23.1 Å². The first-order valence-corrected chi connectivity index (χ1v) is 8.52. The third kappa shape index (κ3) is 4.43. The molecule has 25 heavy (non-hydrogen) atoms. The molecule has 134 valence electrons. The maximum atomic E-state index is 13.5. The van der Waals surface area contributed by atoms with Gasteiger partial charge in [-0.25, -0.2) is 9.02 Å². The number of carbonyl (C=O) groups is 1. The number of nitrogens with two attached hydrogens (primary N) is 1. The Morgan fingerprint density at radius 2 is 2.24 bits per heavy atom. The summed E-state index contributed by atoms with van der Waals surface area (Å²) in [5.74, 6) is -0.279. The minimum atomic E-state index is -0.425. The highest BCUT2D eigenvalue weighted by molar-refractivity contribution is 9.10. The van der Waals surface area contributed by atoms with Crippen LogP contribution in [-0.4, -0.2) is 29.3 Å². The lowest BCUT2D eigenvalue weighted by atomic mass is 10.2. The standard InChI is InChI=1S/C16H19BrFN5O2/c1-3-14(24)23(11-5-6-13(18)12(17)9-11)10(2)15-16(22-25-21-15)20-8-4-7-19/h5-6,9H,2-4,7-8,19H2,1H3,(H,20,22). The molecule has 0 saturated carbocycles. The molecule has 7 nitrogen and oxygen atoms in total. The molecule has 2 rings (SSSR count). The van der Waals surface area contributed by atoms with Gasteiger partial charge in [-0.2, -0.15) is 0 Å². The zero-order valence-electron chi connectivity index (χ0n) is 13.8. The molecule has 9 heteroatoms. The van der Waals surface area contributed by atoms with Gasteiger partial charge < -0.3 is 11.1 Å². The number of benzene rings is 1. The first-order valence-electron chi connectivity index (χ1n) is 7.73. The molecule has 1 aromatic heterocycles. The van der Waals surface area contributed by atoms with Crippen LogP contribution in [0.4, 0.5) is 15.9 Å². The minimum absolute atomic E-state index is 0.223. The van der Waals surface area contributed by atoms with Crippen LogP contribution in [0.5, 0.6) is 0 Å². The lowest BCUT2D eigenvalue weighted by Crippen LogP contribution is -2.28. The molecule has 1 aromatic carbocycles. The van der Waals surface area contributed by atoms with E-state index in [1.54, 1.807) is 6.92 Å². The van der Waals surface area contributed by atoms with Gasteiger partial charge in [0.05, 0.1) is 15.9 Å². The lowest BCUT2D eigenvalue weighted by molar-refractivity contribution is -0.117. The summed E-state index contributed by atoms with van der Waals surface area (Å²) in [7, 11) is 0. The van der Waals surface area contributed by atoms with Crippen LogP contribution in [0.3, 0.4) is 0 Å². The van der Waals surface area contributed by atoms with Crippen molar-refractivity contribution in [1.82, 2.24) is 10.3 Å². The number of carbonyl (C=O) groups excluding carboxylic acids is 1. The maximum Gasteiger partial charge on any atom is 0.231 e. The van der Waals surface area contributed by atoms with Crippen molar-refractivity contribution in [1.29, 1.82) is 0 Å². The number of nitrogens with one attached hydrogen (secondary N) is 1. The zero-order valence-corrected chi connectivity index (χ0v) is 15.3. The summed E-state index contributed by atoms with van der Waals surface area (Å²) in [5, 5.41) is 10.7. The summed E-state index contributed by atoms with van der Waals surface area (Å²) in [6, 6.07) is 4.26. The fourth-order valence-electron chi connectivity index (χ4n) is 2.14. The average molecular weight is 412 g/mol. The first kappa shape index (κ1) is 19.1. The monoisotopic (exact) mass is 411 g/mol.